The van der Waals surface area contributed by atoms with E-state index in [1.54, 1.807) is 0 Å². The standard InChI is InChI=1S/C15H24O/c1-5-6-7-15(16)14-10-13(11(2)3)9-8-12(14)4/h5,11,13H,1,6-10H2,2-4H3/t13-/m0/s1. The van der Waals surface area contributed by atoms with Gasteiger partial charge in [-0.05, 0) is 50.0 Å². The average molecular weight is 220 g/mol. The van der Waals surface area contributed by atoms with E-state index in [0.717, 1.165) is 24.8 Å². The fourth-order valence-corrected chi connectivity index (χ4v) is 2.40. The van der Waals surface area contributed by atoms with Gasteiger partial charge in [-0.25, -0.2) is 0 Å². The highest BCUT2D eigenvalue weighted by molar-refractivity contribution is 5.96. The van der Waals surface area contributed by atoms with Crippen molar-refractivity contribution in [3.8, 4) is 0 Å². The van der Waals surface area contributed by atoms with Crippen molar-refractivity contribution in [3.05, 3.63) is 23.8 Å². The summed E-state index contributed by atoms with van der Waals surface area (Å²) in [5.41, 5.74) is 2.44. The van der Waals surface area contributed by atoms with Gasteiger partial charge < -0.3 is 0 Å². The van der Waals surface area contributed by atoms with Gasteiger partial charge in [0.25, 0.3) is 0 Å². The van der Waals surface area contributed by atoms with Crippen LogP contribution in [0.3, 0.4) is 0 Å². The zero-order valence-electron chi connectivity index (χ0n) is 10.9. The Morgan fingerprint density at radius 3 is 2.81 bits per heavy atom. The predicted octanol–water partition coefficient (Wildman–Crippen LogP) is 4.29. The van der Waals surface area contributed by atoms with Crippen LogP contribution in [0.4, 0.5) is 0 Å². The molecule has 0 saturated heterocycles. The van der Waals surface area contributed by atoms with Crippen LogP contribution >= 0.6 is 0 Å². The van der Waals surface area contributed by atoms with Crippen LogP contribution in [0.25, 0.3) is 0 Å². The first kappa shape index (κ1) is 13.2. The van der Waals surface area contributed by atoms with Gasteiger partial charge in [0.05, 0.1) is 0 Å². The van der Waals surface area contributed by atoms with E-state index in [9.17, 15) is 4.79 Å². The first-order valence-electron chi connectivity index (χ1n) is 6.39. The number of hydrogen-bond donors (Lipinski definition) is 0. The lowest BCUT2D eigenvalue weighted by molar-refractivity contribution is -0.115. The van der Waals surface area contributed by atoms with Crippen molar-refractivity contribution in [1.29, 1.82) is 0 Å². The molecule has 0 aliphatic heterocycles. The second-order valence-electron chi connectivity index (χ2n) is 5.26. The highest BCUT2D eigenvalue weighted by atomic mass is 16.1. The van der Waals surface area contributed by atoms with Gasteiger partial charge in [0, 0.05) is 6.42 Å². The Morgan fingerprint density at radius 2 is 2.25 bits per heavy atom. The average Bonchev–Trinajstić information content (AvgIpc) is 2.26. The van der Waals surface area contributed by atoms with Gasteiger partial charge in [-0.15, -0.1) is 6.58 Å². The molecule has 0 heterocycles. The molecule has 0 aromatic heterocycles. The summed E-state index contributed by atoms with van der Waals surface area (Å²) < 4.78 is 0. The van der Waals surface area contributed by atoms with E-state index < -0.39 is 0 Å². The van der Waals surface area contributed by atoms with Gasteiger partial charge in [0.2, 0.25) is 0 Å². The van der Waals surface area contributed by atoms with E-state index >= 15 is 0 Å². The van der Waals surface area contributed by atoms with Crippen LogP contribution in [-0.2, 0) is 4.79 Å². The minimum Gasteiger partial charge on any atom is -0.295 e. The van der Waals surface area contributed by atoms with Gasteiger partial charge in [-0.1, -0.05) is 25.5 Å². The first-order valence-corrected chi connectivity index (χ1v) is 6.39. The Labute approximate surface area is 99.6 Å². The number of allylic oxidation sites excluding steroid dienone is 3. The maximum absolute atomic E-state index is 12.0. The van der Waals surface area contributed by atoms with Crippen molar-refractivity contribution in [1.82, 2.24) is 0 Å². The van der Waals surface area contributed by atoms with Crippen LogP contribution in [0.1, 0.15) is 52.9 Å². The fraction of sp³-hybridized carbons (Fsp3) is 0.667. The lowest BCUT2D eigenvalue weighted by Crippen LogP contribution is -2.19. The normalized spacial score (nSPS) is 21.4. The number of rotatable bonds is 5. The van der Waals surface area contributed by atoms with Gasteiger partial charge in [0.1, 0.15) is 0 Å². The number of carbonyl (C=O) groups is 1. The molecule has 16 heavy (non-hydrogen) atoms. The van der Waals surface area contributed by atoms with Crippen LogP contribution < -0.4 is 0 Å². The van der Waals surface area contributed by atoms with E-state index in [4.69, 9.17) is 0 Å². The first-order chi connectivity index (χ1) is 7.56. The molecule has 1 aliphatic rings. The quantitative estimate of drug-likeness (QED) is 0.631. The Hall–Kier alpha value is -0.850. The van der Waals surface area contributed by atoms with Crippen LogP contribution in [0.15, 0.2) is 23.8 Å². The molecule has 1 rings (SSSR count). The molecule has 0 aromatic carbocycles. The minimum atomic E-state index is 0.350. The maximum atomic E-state index is 12.0. The third-order valence-corrected chi connectivity index (χ3v) is 3.73. The summed E-state index contributed by atoms with van der Waals surface area (Å²) in [6, 6.07) is 0. The zero-order valence-corrected chi connectivity index (χ0v) is 10.9. The summed E-state index contributed by atoms with van der Waals surface area (Å²) in [5.74, 6) is 1.74. The summed E-state index contributed by atoms with van der Waals surface area (Å²) in [6.07, 6.45) is 6.64. The van der Waals surface area contributed by atoms with E-state index in [0.29, 0.717) is 24.0 Å². The van der Waals surface area contributed by atoms with Crippen molar-refractivity contribution in [3.63, 3.8) is 0 Å². The second kappa shape index (κ2) is 6.03. The molecular weight excluding hydrogens is 196 g/mol. The molecule has 0 N–H and O–H groups in total. The topological polar surface area (TPSA) is 17.1 Å². The summed E-state index contributed by atoms with van der Waals surface area (Å²) in [6.45, 7) is 10.3. The number of ketones is 1. The number of Topliss-reactive ketones (excluding diaryl/α,β-unsaturated/α-hetero) is 1. The lowest BCUT2D eigenvalue weighted by Gasteiger charge is -2.28. The van der Waals surface area contributed by atoms with Gasteiger partial charge in [0.15, 0.2) is 5.78 Å². The van der Waals surface area contributed by atoms with E-state index in [2.05, 4.69) is 27.4 Å². The molecule has 1 aliphatic carbocycles. The summed E-state index contributed by atoms with van der Waals surface area (Å²) in [5, 5.41) is 0. The molecule has 0 bridgehead atoms. The van der Waals surface area contributed by atoms with E-state index in [1.807, 2.05) is 6.08 Å². The minimum absolute atomic E-state index is 0.350. The molecule has 0 amide bonds. The molecule has 1 nitrogen and oxygen atoms in total. The molecule has 90 valence electrons. The Kier molecular flexibility index (Phi) is 4.98. The summed E-state index contributed by atoms with van der Waals surface area (Å²) in [4.78, 5) is 12.0. The van der Waals surface area contributed by atoms with Crippen molar-refractivity contribution >= 4 is 5.78 Å². The maximum Gasteiger partial charge on any atom is 0.159 e. The van der Waals surface area contributed by atoms with Gasteiger partial charge in [-0.2, -0.15) is 0 Å². The second-order valence-corrected chi connectivity index (χ2v) is 5.26. The van der Waals surface area contributed by atoms with Crippen LogP contribution in [0.2, 0.25) is 0 Å². The van der Waals surface area contributed by atoms with E-state index in [-0.39, 0.29) is 0 Å². The van der Waals surface area contributed by atoms with Gasteiger partial charge >= 0.3 is 0 Å². The van der Waals surface area contributed by atoms with Crippen LogP contribution in [0.5, 0.6) is 0 Å². The molecule has 0 radical (unpaired) electrons. The highest BCUT2D eigenvalue weighted by Crippen LogP contribution is 2.34. The Bertz CT molecular complexity index is 297. The third-order valence-electron chi connectivity index (χ3n) is 3.73. The zero-order chi connectivity index (χ0) is 12.1. The van der Waals surface area contributed by atoms with E-state index in [1.165, 1.54) is 12.0 Å². The molecule has 1 heteroatoms. The number of hydrogen-bond acceptors (Lipinski definition) is 1. The van der Waals surface area contributed by atoms with Crippen LogP contribution in [0, 0.1) is 11.8 Å². The smallest absolute Gasteiger partial charge is 0.159 e. The molecule has 0 saturated carbocycles. The molecule has 1 atom stereocenters. The predicted molar refractivity (Wildman–Crippen MR) is 69.3 cm³/mol. The molecule has 0 spiro atoms. The fourth-order valence-electron chi connectivity index (χ4n) is 2.40. The SMILES string of the molecule is C=CCCC(=O)C1=C(C)CC[C@H](C(C)C)C1. The van der Waals surface area contributed by atoms with Crippen molar-refractivity contribution in [2.75, 3.05) is 0 Å². The Balaban J connectivity index is 2.68. The molecular formula is C15H24O. The Morgan fingerprint density at radius 1 is 1.56 bits per heavy atom. The molecule has 0 unspecified atom stereocenters. The van der Waals surface area contributed by atoms with Crippen LogP contribution in [-0.4, -0.2) is 5.78 Å². The third kappa shape index (κ3) is 3.33. The van der Waals surface area contributed by atoms with Crippen molar-refractivity contribution < 1.29 is 4.79 Å². The summed E-state index contributed by atoms with van der Waals surface area (Å²) >= 11 is 0. The molecule has 0 fully saturated rings. The lowest BCUT2D eigenvalue weighted by atomic mass is 9.77. The summed E-state index contributed by atoms with van der Waals surface area (Å²) in [7, 11) is 0. The molecule has 0 aromatic rings. The monoisotopic (exact) mass is 220 g/mol. The van der Waals surface area contributed by atoms with Crippen molar-refractivity contribution in [2.24, 2.45) is 11.8 Å². The van der Waals surface area contributed by atoms with Gasteiger partial charge in [-0.3, -0.25) is 4.79 Å². The largest absolute Gasteiger partial charge is 0.295 e. The van der Waals surface area contributed by atoms with Crippen molar-refractivity contribution in [2.45, 2.75) is 52.9 Å². The highest BCUT2D eigenvalue weighted by Gasteiger charge is 2.24. The number of carbonyl (C=O) groups excluding carboxylic acids is 1.